The van der Waals surface area contributed by atoms with Gasteiger partial charge in [-0.1, -0.05) is 36.4 Å². The van der Waals surface area contributed by atoms with Crippen molar-refractivity contribution in [3.63, 3.8) is 0 Å². The fourth-order valence-corrected chi connectivity index (χ4v) is 4.20. The number of carbonyl (C=O) groups excluding carboxylic acids is 1. The van der Waals surface area contributed by atoms with Crippen molar-refractivity contribution >= 4 is 23.4 Å². The summed E-state index contributed by atoms with van der Waals surface area (Å²) in [7, 11) is 0. The first kappa shape index (κ1) is 25.0. The van der Waals surface area contributed by atoms with Gasteiger partial charge >= 0.3 is 6.05 Å². The average Bonchev–Trinajstić information content (AvgIpc) is 3.55. The Kier molecular flexibility index (Phi) is 6.32. The van der Waals surface area contributed by atoms with Crippen LogP contribution in [0.1, 0.15) is 27.5 Å². The molecule has 0 saturated carbocycles. The Morgan fingerprint density at radius 3 is 2.55 bits per heavy atom. The van der Waals surface area contributed by atoms with E-state index in [0.717, 1.165) is 11.6 Å². The molecular weight excluding hydrogens is 522 g/mol. The SMILES string of the molecule is O=C1NC(F)(F)c2cc(Nc3ncc(-c4nnc(-c5ccccn5)o4)c(N[C@H](CO)c4ccccc4)n3)ccc21. The Balaban J connectivity index is 1.36. The van der Waals surface area contributed by atoms with Gasteiger partial charge in [-0.2, -0.15) is 13.8 Å². The first-order valence-corrected chi connectivity index (χ1v) is 12.1. The zero-order valence-electron chi connectivity index (χ0n) is 20.5. The lowest BCUT2D eigenvalue weighted by molar-refractivity contribution is -0.0241. The molecule has 0 saturated heterocycles. The first-order chi connectivity index (χ1) is 19.4. The maximum atomic E-state index is 14.2. The number of aliphatic hydroxyl groups is 1. The summed E-state index contributed by atoms with van der Waals surface area (Å²) in [5.41, 5.74) is 1.30. The summed E-state index contributed by atoms with van der Waals surface area (Å²) >= 11 is 0. The fourth-order valence-electron chi connectivity index (χ4n) is 4.20. The van der Waals surface area contributed by atoms with E-state index in [4.69, 9.17) is 4.42 Å². The molecule has 11 nitrogen and oxygen atoms in total. The highest BCUT2D eigenvalue weighted by Gasteiger charge is 2.44. The number of carbonyl (C=O) groups is 1. The summed E-state index contributed by atoms with van der Waals surface area (Å²) in [5.74, 6) is -0.269. The summed E-state index contributed by atoms with van der Waals surface area (Å²) in [4.78, 5) is 24.9. The van der Waals surface area contributed by atoms with Gasteiger partial charge in [-0.15, -0.1) is 10.2 Å². The van der Waals surface area contributed by atoms with Crippen molar-refractivity contribution in [2.45, 2.75) is 12.1 Å². The number of nitrogens with one attached hydrogen (secondary N) is 3. The van der Waals surface area contributed by atoms with Crippen LogP contribution in [-0.4, -0.2) is 42.8 Å². The molecule has 0 radical (unpaired) electrons. The molecule has 0 aliphatic carbocycles. The number of hydrogen-bond acceptors (Lipinski definition) is 10. The number of pyridine rings is 1. The predicted molar refractivity (Wildman–Crippen MR) is 140 cm³/mol. The highest BCUT2D eigenvalue weighted by molar-refractivity contribution is 6.00. The number of benzene rings is 2. The van der Waals surface area contributed by atoms with E-state index in [2.05, 4.69) is 35.8 Å². The molecule has 0 fully saturated rings. The van der Waals surface area contributed by atoms with Crippen molar-refractivity contribution < 1.29 is 23.1 Å². The zero-order chi connectivity index (χ0) is 27.7. The van der Waals surface area contributed by atoms with Crippen molar-refractivity contribution in [2.75, 3.05) is 17.2 Å². The quantitative estimate of drug-likeness (QED) is 0.209. The Bertz CT molecular complexity index is 1680. The minimum absolute atomic E-state index is 0.0565. The molecular formula is C27H20F2N8O3. The van der Waals surface area contributed by atoms with Crippen molar-refractivity contribution in [1.29, 1.82) is 0 Å². The van der Waals surface area contributed by atoms with Gasteiger partial charge in [0.25, 0.3) is 17.7 Å². The number of rotatable bonds is 8. The molecule has 4 N–H and O–H groups in total. The van der Waals surface area contributed by atoms with Crippen molar-refractivity contribution in [2.24, 2.45) is 0 Å². The maximum Gasteiger partial charge on any atom is 0.353 e. The Morgan fingerprint density at radius 2 is 1.77 bits per heavy atom. The van der Waals surface area contributed by atoms with E-state index in [-0.39, 0.29) is 41.4 Å². The first-order valence-electron chi connectivity index (χ1n) is 12.1. The molecule has 0 bridgehead atoms. The average molecular weight is 543 g/mol. The second-order valence-electron chi connectivity index (χ2n) is 8.79. The van der Waals surface area contributed by atoms with Crippen LogP contribution in [0, 0.1) is 0 Å². The van der Waals surface area contributed by atoms with Gasteiger partial charge in [0.2, 0.25) is 5.95 Å². The Morgan fingerprint density at radius 1 is 0.975 bits per heavy atom. The number of nitrogens with zero attached hydrogens (tertiary/aromatic N) is 5. The topological polar surface area (TPSA) is 151 Å². The predicted octanol–water partition coefficient (Wildman–Crippen LogP) is 4.27. The molecule has 2 aromatic carbocycles. The standard InChI is InChI=1S/C27H20F2N8O3/c28-27(29)19-12-16(9-10-17(19)23(39)35-27)32-26-31-13-18(24-36-37-25(40-24)20-8-4-5-11-30-20)22(34-26)33-21(14-38)15-6-2-1-3-7-15/h1-13,21,38H,14H2,(H,35,39)(H2,31,32,33,34)/t21-/m1/s1. The van der Waals surface area contributed by atoms with Crippen molar-refractivity contribution in [1.82, 2.24) is 30.5 Å². The molecule has 200 valence electrons. The minimum atomic E-state index is -3.49. The van der Waals surface area contributed by atoms with Gasteiger partial charge in [0.05, 0.1) is 29.3 Å². The smallest absolute Gasteiger partial charge is 0.353 e. The number of alkyl halides is 2. The van der Waals surface area contributed by atoms with Crippen molar-refractivity contribution in [3.8, 4) is 23.0 Å². The summed E-state index contributed by atoms with van der Waals surface area (Å²) in [6.45, 7) is -0.264. The molecule has 4 heterocycles. The molecule has 1 aliphatic rings. The third-order valence-electron chi connectivity index (χ3n) is 6.15. The molecule has 1 amide bonds. The number of aliphatic hydroxyl groups excluding tert-OH is 1. The van der Waals surface area contributed by atoms with E-state index in [9.17, 15) is 18.7 Å². The van der Waals surface area contributed by atoms with Gasteiger partial charge in [0, 0.05) is 18.1 Å². The van der Waals surface area contributed by atoms with Crippen LogP contribution >= 0.6 is 0 Å². The summed E-state index contributed by atoms with van der Waals surface area (Å²) in [6, 6.07) is 14.4. The maximum absolute atomic E-state index is 14.2. The minimum Gasteiger partial charge on any atom is -0.414 e. The molecule has 13 heteroatoms. The zero-order valence-corrected chi connectivity index (χ0v) is 20.5. The van der Waals surface area contributed by atoms with Gasteiger partial charge in [0.1, 0.15) is 11.5 Å². The Labute approximate surface area is 225 Å². The molecule has 6 rings (SSSR count). The molecule has 3 aromatic heterocycles. The summed E-state index contributed by atoms with van der Waals surface area (Å²) in [5, 5.41) is 26.1. The number of aromatic nitrogens is 5. The molecule has 0 unspecified atom stereocenters. The van der Waals surface area contributed by atoms with E-state index >= 15 is 0 Å². The van der Waals surface area contributed by atoms with Gasteiger partial charge in [-0.3, -0.25) is 15.1 Å². The largest absolute Gasteiger partial charge is 0.414 e. The van der Waals surface area contributed by atoms with E-state index in [0.29, 0.717) is 11.3 Å². The number of halogens is 2. The van der Waals surface area contributed by atoms with Crippen LogP contribution in [0.5, 0.6) is 0 Å². The third-order valence-corrected chi connectivity index (χ3v) is 6.15. The summed E-state index contributed by atoms with van der Waals surface area (Å²) in [6.07, 6.45) is 3.03. The van der Waals surface area contributed by atoms with E-state index in [1.54, 1.807) is 29.7 Å². The second-order valence-corrected chi connectivity index (χ2v) is 8.79. The van der Waals surface area contributed by atoms with Crippen LogP contribution in [0.4, 0.5) is 26.2 Å². The van der Waals surface area contributed by atoms with E-state index in [1.165, 1.54) is 18.3 Å². The normalized spacial score (nSPS) is 14.3. The highest BCUT2D eigenvalue weighted by Crippen LogP contribution is 2.36. The van der Waals surface area contributed by atoms with Gasteiger partial charge in [0.15, 0.2) is 0 Å². The van der Waals surface area contributed by atoms with Crippen LogP contribution < -0.4 is 16.0 Å². The van der Waals surface area contributed by atoms with Crippen LogP contribution in [0.2, 0.25) is 0 Å². The second kappa shape index (κ2) is 10.1. The lowest BCUT2D eigenvalue weighted by Gasteiger charge is -2.19. The van der Waals surface area contributed by atoms with Crippen LogP contribution in [0.15, 0.2) is 83.5 Å². The number of fused-ring (bicyclic) bond motifs is 1. The lowest BCUT2D eigenvalue weighted by atomic mass is 10.1. The Hall–Kier alpha value is -5.30. The summed E-state index contributed by atoms with van der Waals surface area (Å²) < 4.78 is 34.3. The van der Waals surface area contributed by atoms with Gasteiger partial charge < -0.3 is 20.2 Å². The van der Waals surface area contributed by atoms with Gasteiger partial charge in [-0.25, -0.2) is 4.98 Å². The van der Waals surface area contributed by atoms with Crippen LogP contribution in [0.3, 0.4) is 0 Å². The highest BCUT2D eigenvalue weighted by atomic mass is 19.3. The molecule has 40 heavy (non-hydrogen) atoms. The monoisotopic (exact) mass is 542 g/mol. The van der Waals surface area contributed by atoms with Crippen LogP contribution in [-0.2, 0) is 6.05 Å². The molecule has 1 aliphatic heterocycles. The fraction of sp³-hybridized carbons (Fsp3) is 0.111. The number of anilines is 3. The van der Waals surface area contributed by atoms with E-state index < -0.39 is 23.6 Å². The van der Waals surface area contributed by atoms with Crippen molar-refractivity contribution in [3.05, 3.63) is 95.8 Å². The molecule has 0 spiro atoms. The number of amides is 1. The lowest BCUT2D eigenvalue weighted by Crippen LogP contribution is -2.29. The van der Waals surface area contributed by atoms with E-state index in [1.807, 2.05) is 30.3 Å². The van der Waals surface area contributed by atoms with Gasteiger partial charge in [-0.05, 0) is 35.9 Å². The number of hydrogen-bond donors (Lipinski definition) is 4. The third kappa shape index (κ3) is 4.80. The molecule has 1 atom stereocenters. The van der Waals surface area contributed by atoms with Crippen LogP contribution in [0.25, 0.3) is 23.0 Å². The molecule has 5 aromatic rings.